The summed E-state index contributed by atoms with van der Waals surface area (Å²) < 4.78 is 5.86. The third kappa shape index (κ3) is 2.54. The molecule has 1 atom stereocenters. The number of amides is 1. The lowest BCUT2D eigenvalue weighted by molar-refractivity contribution is -0.151. The maximum atomic E-state index is 12.5. The van der Waals surface area contributed by atoms with Gasteiger partial charge in [-0.2, -0.15) is 0 Å². The number of carboxylic acids is 1. The fourth-order valence-electron chi connectivity index (χ4n) is 2.41. The maximum absolute atomic E-state index is 12.5. The van der Waals surface area contributed by atoms with Crippen LogP contribution >= 0.6 is 27.3 Å². The number of carboxylic acid groups (broad SMARTS) is 1. The molecule has 2 heterocycles. The Morgan fingerprint density at radius 1 is 1.63 bits per heavy atom. The zero-order valence-corrected chi connectivity index (χ0v) is 12.8. The second kappa shape index (κ2) is 5.60. The second-order valence-electron chi connectivity index (χ2n) is 4.46. The van der Waals surface area contributed by atoms with Crippen LogP contribution in [0, 0.1) is 0 Å². The highest BCUT2D eigenvalue weighted by Gasteiger charge is 2.50. The first-order valence-electron chi connectivity index (χ1n) is 5.79. The van der Waals surface area contributed by atoms with Crippen LogP contribution in [0.1, 0.15) is 22.5 Å². The van der Waals surface area contributed by atoms with Gasteiger partial charge < -0.3 is 14.7 Å². The standard InChI is InChI=1S/C12H14BrNO4S/c1-18-7-12(11(16)17)3-2-4-14(12)10(15)9-5-8(13)6-19-9/h5-6H,2-4,7H2,1H3,(H,16,17). The average molecular weight is 348 g/mol. The number of halogens is 1. The highest BCUT2D eigenvalue weighted by atomic mass is 79.9. The molecular formula is C12H14BrNO4S. The number of hydrogen-bond donors (Lipinski definition) is 1. The van der Waals surface area contributed by atoms with Crippen LogP contribution in [-0.2, 0) is 9.53 Å². The van der Waals surface area contributed by atoms with Crippen LogP contribution in [0.25, 0.3) is 0 Å². The first-order valence-corrected chi connectivity index (χ1v) is 7.47. The van der Waals surface area contributed by atoms with Gasteiger partial charge in [-0.3, -0.25) is 4.79 Å². The van der Waals surface area contributed by atoms with E-state index >= 15 is 0 Å². The van der Waals surface area contributed by atoms with Gasteiger partial charge in [-0.25, -0.2) is 4.79 Å². The Morgan fingerprint density at radius 2 is 2.37 bits per heavy atom. The number of rotatable bonds is 4. The second-order valence-corrected chi connectivity index (χ2v) is 6.29. The molecule has 1 unspecified atom stereocenters. The predicted molar refractivity (Wildman–Crippen MR) is 74.5 cm³/mol. The van der Waals surface area contributed by atoms with Crippen molar-refractivity contribution in [3.05, 3.63) is 20.8 Å². The van der Waals surface area contributed by atoms with E-state index in [-0.39, 0.29) is 12.5 Å². The fraction of sp³-hybridized carbons (Fsp3) is 0.500. The maximum Gasteiger partial charge on any atom is 0.332 e. The zero-order chi connectivity index (χ0) is 14.0. The number of carbonyl (C=O) groups excluding carboxylic acids is 1. The lowest BCUT2D eigenvalue weighted by Crippen LogP contribution is -2.56. The third-order valence-electron chi connectivity index (χ3n) is 3.29. The summed E-state index contributed by atoms with van der Waals surface area (Å²) in [4.78, 5) is 26.0. The number of ether oxygens (including phenoxy) is 1. The Morgan fingerprint density at radius 3 is 2.89 bits per heavy atom. The van der Waals surface area contributed by atoms with E-state index in [4.69, 9.17) is 4.74 Å². The summed E-state index contributed by atoms with van der Waals surface area (Å²) in [6.07, 6.45) is 1.10. The molecule has 1 saturated heterocycles. The van der Waals surface area contributed by atoms with Gasteiger partial charge in [0, 0.05) is 23.5 Å². The molecule has 0 radical (unpaired) electrons. The molecule has 2 rings (SSSR count). The summed E-state index contributed by atoms with van der Waals surface area (Å²) >= 11 is 4.60. The van der Waals surface area contributed by atoms with Crippen LogP contribution in [0.2, 0.25) is 0 Å². The van der Waals surface area contributed by atoms with Crippen LogP contribution in [0.5, 0.6) is 0 Å². The van der Waals surface area contributed by atoms with Gasteiger partial charge in [0.25, 0.3) is 5.91 Å². The largest absolute Gasteiger partial charge is 0.479 e. The van der Waals surface area contributed by atoms with Crippen molar-refractivity contribution >= 4 is 39.1 Å². The van der Waals surface area contributed by atoms with E-state index in [1.807, 2.05) is 5.38 Å². The molecule has 1 fully saturated rings. The molecule has 19 heavy (non-hydrogen) atoms. The van der Waals surface area contributed by atoms with Crippen molar-refractivity contribution in [1.29, 1.82) is 0 Å². The lowest BCUT2D eigenvalue weighted by atomic mass is 9.97. The summed E-state index contributed by atoms with van der Waals surface area (Å²) in [6, 6.07) is 1.71. The smallest absolute Gasteiger partial charge is 0.332 e. The molecule has 1 aliphatic rings. The van der Waals surface area contributed by atoms with Gasteiger partial charge in [-0.15, -0.1) is 11.3 Å². The van der Waals surface area contributed by atoms with Crippen LogP contribution in [0.4, 0.5) is 0 Å². The van der Waals surface area contributed by atoms with Gasteiger partial charge in [-0.05, 0) is 34.8 Å². The van der Waals surface area contributed by atoms with E-state index in [0.717, 1.165) is 4.47 Å². The highest BCUT2D eigenvalue weighted by molar-refractivity contribution is 9.10. The van der Waals surface area contributed by atoms with E-state index in [1.165, 1.54) is 23.3 Å². The third-order valence-corrected chi connectivity index (χ3v) is 4.97. The van der Waals surface area contributed by atoms with Crippen LogP contribution in [0.3, 0.4) is 0 Å². The lowest BCUT2D eigenvalue weighted by Gasteiger charge is -2.33. The molecule has 0 saturated carbocycles. The molecular weight excluding hydrogens is 334 g/mol. The topological polar surface area (TPSA) is 66.8 Å². The molecule has 0 aromatic carbocycles. The Balaban J connectivity index is 2.31. The normalized spacial score (nSPS) is 22.7. The van der Waals surface area contributed by atoms with Gasteiger partial charge in [0.05, 0.1) is 11.5 Å². The van der Waals surface area contributed by atoms with E-state index < -0.39 is 11.5 Å². The van der Waals surface area contributed by atoms with Crippen molar-refractivity contribution in [3.8, 4) is 0 Å². The molecule has 104 valence electrons. The first kappa shape index (κ1) is 14.5. The molecule has 1 N–H and O–H groups in total. The van der Waals surface area contributed by atoms with E-state index in [0.29, 0.717) is 24.3 Å². The van der Waals surface area contributed by atoms with Gasteiger partial charge in [0.15, 0.2) is 5.54 Å². The van der Waals surface area contributed by atoms with E-state index in [9.17, 15) is 14.7 Å². The Bertz CT molecular complexity index is 504. The van der Waals surface area contributed by atoms with Crippen molar-refractivity contribution < 1.29 is 19.4 Å². The zero-order valence-electron chi connectivity index (χ0n) is 10.4. The average Bonchev–Trinajstić information content (AvgIpc) is 2.96. The van der Waals surface area contributed by atoms with Crippen molar-refractivity contribution in [3.63, 3.8) is 0 Å². The molecule has 1 amide bonds. The number of likely N-dealkylation sites (tertiary alicyclic amines) is 1. The van der Waals surface area contributed by atoms with Gasteiger partial charge in [0.2, 0.25) is 0 Å². The number of carbonyl (C=O) groups is 2. The van der Waals surface area contributed by atoms with Crippen molar-refractivity contribution in [2.45, 2.75) is 18.4 Å². The Kier molecular flexibility index (Phi) is 4.27. The number of hydrogen-bond acceptors (Lipinski definition) is 4. The number of nitrogens with zero attached hydrogens (tertiary/aromatic N) is 1. The number of thiophene rings is 1. The van der Waals surface area contributed by atoms with Gasteiger partial charge in [0.1, 0.15) is 0 Å². The van der Waals surface area contributed by atoms with Crippen LogP contribution in [-0.4, -0.2) is 47.7 Å². The molecule has 1 aromatic rings. The fourth-order valence-corrected chi connectivity index (χ4v) is 3.78. The van der Waals surface area contributed by atoms with E-state index in [1.54, 1.807) is 6.07 Å². The minimum Gasteiger partial charge on any atom is -0.479 e. The van der Waals surface area contributed by atoms with Crippen molar-refractivity contribution in [2.24, 2.45) is 0 Å². The van der Waals surface area contributed by atoms with Crippen LogP contribution < -0.4 is 0 Å². The summed E-state index contributed by atoms with van der Waals surface area (Å²) in [5, 5.41) is 11.3. The SMILES string of the molecule is COCC1(C(=O)O)CCCN1C(=O)c1cc(Br)cs1. The van der Waals surface area contributed by atoms with Gasteiger partial charge in [-0.1, -0.05) is 0 Å². The number of methoxy groups -OCH3 is 1. The molecule has 0 spiro atoms. The highest BCUT2D eigenvalue weighted by Crippen LogP contribution is 2.33. The molecule has 0 aliphatic carbocycles. The predicted octanol–water partition coefficient (Wildman–Crippen LogP) is 2.22. The van der Waals surface area contributed by atoms with Crippen molar-refractivity contribution in [2.75, 3.05) is 20.3 Å². The quantitative estimate of drug-likeness (QED) is 0.906. The van der Waals surface area contributed by atoms with Gasteiger partial charge >= 0.3 is 5.97 Å². The van der Waals surface area contributed by atoms with Crippen molar-refractivity contribution in [1.82, 2.24) is 4.90 Å². The molecule has 7 heteroatoms. The molecule has 1 aliphatic heterocycles. The summed E-state index contributed by atoms with van der Waals surface area (Å²) in [5.41, 5.74) is -1.23. The van der Waals surface area contributed by atoms with E-state index in [2.05, 4.69) is 15.9 Å². The minimum atomic E-state index is -1.23. The minimum absolute atomic E-state index is 0.0145. The summed E-state index contributed by atoms with van der Waals surface area (Å²) in [5.74, 6) is -1.25. The molecule has 0 bridgehead atoms. The number of aliphatic carboxylic acids is 1. The molecule has 5 nitrogen and oxygen atoms in total. The molecule has 1 aromatic heterocycles. The monoisotopic (exact) mass is 347 g/mol. The summed E-state index contributed by atoms with van der Waals surface area (Å²) in [7, 11) is 1.45. The Labute approximate surface area is 123 Å². The van der Waals surface area contributed by atoms with Crippen LogP contribution in [0.15, 0.2) is 15.9 Å². The first-order chi connectivity index (χ1) is 9.01. The summed E-state index contributed by atoms with van der Waals surface area (Å²) in [6.45, 7) is 0.463. The Hall–Kier alpha value is -0.920.